The summed E-state index contributed by atoms with van der Waals surface area (Å²) in [5.74, 6) is 0.00495. The van der Waals surface area contributed by atoms with Gasteiger partial charge in [-0.15, -0.1) is 0 Å². The molecule has 26 heavy (non-hydrogen) atoms. The molecule has 0 aromatic heterocycles. The van der Waals surface area contributed by atoms with Crippen molar-refractivity contribution in [2.75, 3.05) is 20.2 Å². The molecule has 0 amide bonds. The van der Waals surface area contributed by atoms with Crippen LogP contribution in [-0.2, 0) is 19.7 Å². The molecule has 140 valence electrons. The number of hydrogen-bond donors (Lipinski definition) is 0. The van der Waals surface area contributed by atoms with Gasteiger partial charge in [0.25, 0.3) is 0 Å². The zero-order valence-electron chi connectivity index (χ0n) is 15.9. The number of hydrogen-bond acceptors (Lipinski definition) is 6. The van der Waals surface area contributed by atoms with Crippen LogP contribution >= 0.6 is 11.8 Å². The van der Waals surface area contributed by atoms with E-state index >= 15 is 0 Å². The van der Waals surface area contributed by atoms with E-state index in [-0.39, 0.29) is 23.9 Å². The second-order valence-corrected chi connectivity index (χ2v) is 8.13. The molecule has 1 aliphatic heterocycles. The molecule has 0 saturated carbocycles. The smallest absolute Gasteiger partial charge is 0.325 e. The molecule has 1 aliphatic rings. The van der Waals surface area contributed by atoms with E-state index in [2.05, 4.69) is 32.9 Å². The van der Waals surface area contributed by atoms with Crippen LogP contribution in [0, 0.1) is 0 Å². The van der Waals surface area contributed by atoms with Crippen LogP contribution < -0.4 is 4.74 Å². The van der Waals surface area contributed by atoms with Gasteiger partial charge >= 0.3 is 11.9 Å². The maximum Gasteiger partial charge on any atom is 0.325 e. The lowest BCUT2D eigenvalue weighted by Crippen LogP contribution is -2.28. The van der Waals surface area contributed by atoms with Gasteiger partial charge in [0.05, 0.1) is 7.11 Å². The van der Waals surface area contributed by atoms with Crippen molar-refractivity contribution in [3.8, 4) is 5.75 Å². The normalized spacial score (nSPS) is 15.9. The van der Waals surface area contributed by atoms with Crippen LogP contribution in [0.4, 0.5) is 0 Å². The number of benzene rings is 1. The van der Waals surface area contributed by atoms with Gasteiger partial charge in [-0.3, -0.25) is 9.59 Å². The number of rotatable bonds is 4. The predicted molar refractivity (Wildman–Crippen MR) is 105 cm³/mol. The predicted octanol–water partition coefficient (Wildman–Crippen LogP) is 3.94. The van der Waals surface area contributed by atoms with E-state index in [0.717, 1.165) is 16.0 Å². The molecule has 1 aromatic rings. The molecule has 2 rings (SSSR count). The molecule has 0 spiro atoms. The minimum Gasteiger partial charge on any atom is -0.468 e. The van der Waals surface area contributed by atoms with Crippen LogP contribution in [0.1, 0.15) is 38.8 Å². The van der Waals surface area contributed by atoms with E-state index in [1.165, 1.54) is 14.0 Å². The van der Waals surface area contributed by atoms with Gasteiger partial charge in [0, 0.05) is 30.1 Å². The lowest BCUT2D eigenvalue weighted by molar-refractivity contribution is -0.141. The number of carbonyl (C=O) groups excluding carboxylic acids is 2. The van der Waals surface area contributed by atoms with Crippen molar-refractivity contribution in [1.29, 1.82) is 0 Å². The molecule has 0 N–H and O–H groups in total. The Morgan fingerprint density at radius 2 is 2.04 bits per heavy atom. The Bertz CT molecular complexity index is 747. The van der Waals surface area contributed by atoms with E-state index in [9.17, 15) is 9.59 Å². The zero-order chi connectivity index (χ0) is 19.3. The molecule has 0 atom stereocenters. The van der Waals surface area contributed by atoms with Crippen molar-refractivity contribution in [3.63, 3.8) is 0 Å². The third-order valence-electron chi connectivity index (χ3n) is 3.80. The minimum absolute atomic E-state index is 0.157. The topological polar surface area (TPSA) is 55.8 Å². The fourth-order valence-corrected chi connectivity index (χ4v) is 3.42. The first-order chi connectivity index (χ1) is 12.2. The van der Waals surface area contributed by atoms with Crippen LogP contribution in [0.15, 0.2) is 34.7 Å². The highest BCUT2D eigenvalue weighted by Crippen LogP contribution is 2.34. The van der Waals surface area contributed by atoms with E-state index in [1.54, 1.807) is 11.8 Å². The molecule has 6 heteroatoms. The largest absolute Gasteiger partial charge is 0.468 e. The summed E-state index contributed by atoms with van der Waals surface area (Å²) in [5, 5.41) is 1.95. The van der Waals surface area contributed by atoms with Gasteiger partial charge in [0.15, 0.2) is 0 Å². The number of ether oxygens (including phenoxy) is 2. The highest BCUT2D eigenvalue weighted by atomic mass is 32.2. The van der Waals surface area contributed by atoms with Crippen molar-refractivity contribution in [1.82, 2.24) is 4.90 Å². The SMILES string of the molecule is COC(=O)CN1C=CSC(=Cc2ccc(OC(C)=O)c(C(C)(C)C)c2)C1. The standard InChI is InChI=1S/C20H25NO4S/c1-14(22)25-18-7-6-15(11-17(18)20(2,3)4)10-16-12-21(8-9-26-16)13-19(23)24-5/h6-11H,12-13H2,1-5H3. The number of nitrogens with zero attached hydrogens (tertiary/aromatic N) is 1. The van der Waals surface area contributed by atoms with Crippen LogP contribution in [-0.4, -0.2) is 37.0 Å². The quantitative estimate of drug-likeness (QED) is 0.587. The summed E-state index contributed by atoms with van der Waals surface area (Å²) in [6, 6.07) is 5.82. The highest BCUT2D eigenvalue weighted by Gasteiger charge is 2.21. The molecular formula is C20H25NO4S. The number of esters is 2. The molecule has 0 radical (unpaired) electrons. The van der Waals surface area contributed by atoms with Gasteiger partial charge in [-0.1, -0.05) is 38.6 Å². The molecule has 0 saturated heterocycles. The Hall–Kier alpha value is -2.21. The van der Waals surface area contributed by atoms with Gasteiger partial charge in [0.1, 0.15) is 12.3 Å². The summed E-state index contributed by atoms with van der Waals surface area (Å²) in [7, 11) is 1.39. The minimum atomic E-state index is -0.326. The third-order valence-corrected chi connectivity index (χ3v) is 4.61. The average Bonchev–Trinajstić information content (AvgIpc) is 2.55. The zero-order valence-corrected chi connectivity index (χ0v) is 16.7. The Labute approximate surface area is 159 Å². The first-order valence-electron chi connectivity index (χ1n) is 8.37. The van der Waals surface area contributed by atoms with Crippen LogP contribution in [0.5, 0.6) is 5.75 Å². The summed E-state index contributed by atoms with van der Waals surface area (Å²) in [5.41, 5.74) is 1.85. The molecule has 0 bridgehead atoms. The Morgan fingerprint density at radius 1 is 1.31 bits per heavy atom. The summed E-state index contributed by atoms with van der Waals surface area (Å²) < 4.78 is 10.1. The summed E-state index contributed by atoms with van der Waals surface area (Å²) in [4.78, 5) is 25.8. The number of carbonyl (C=O) groups is 2. The lowest BCUT2D eigenvalue weighted by atomic mass is 9.85. The highest BCUT2D eigenvalue weighted by molar-refractivity contribution is 8.06. The van der Waals surface area contributed by atoms with Gasteiger partial charge < -0.3 is 14.4 Å². The molecule has 0 aliphatic carbocycles. The third kappa shape index (κ3) is 5.66. The second kappa shape index (κ2) is 8.45. The van der Waals surface area contributed by atoms with E-state index in [1.807, 2.05) is 28.6 Å². The Morgan fingerprint density at radius 3 is 2.65 bits per heavy atom. The fourth-order valence-electron chi connectivity index (χ4n) is 2.57. The van der Waals surface area contributed by atoms with Gasteiger partial charge in [-0.2, -0.15) is 0 Å². The van der Waals surface area contributed by atoms with Crippen molar-refractivity contribution in [2.24, 2.45) is 0 Å². The van der Waals surface area contributed by atoms with Crippen molar-refractivity contribution in [2.45, 2.75) is 33.1 Å². The second-order valence-electron chi connectivity index (χ2n) is 7.09. The first kappa shape index (κ1) is 20.1. The van der Waals surface area contributed by atoms with Gasteiger partial charge in [-0.25, -0.2) is 0 Å². The van der Waals surface area contributed by atoms with Crippen molar-refractivity contribution in [3.05, 3.63) is 45.8 Å². The molecule has 1 heterocycles. The first-order valence-corrected chi connectivity index (χ1v) is 9.24. The summed E-state index contributed by atoms with van der Waals surface area (Å²) in [6.45, 7) is 8.53. The van der Waals surface area contributed by atoms with E-state index < -0.39 is 0 Å². The lowest BCUT2D eigenvalue weighted by Gasteiger charge is -2.24. The molecule has 0 fully saturated rings. The van der Waals surface area contributed by atoms with Crippen LogP contribution in [0.2, 0.25) is 0 Å². The van der Waals surface area contributed by atoms with E-state index in [4.69, 9.17) is 9.47 Å². The summed E-state index contributed by atoms with van der Waals surface area (Å²) >= 11 is 1.63. The Kier molecular flexibility index (Phi) is 6.53. The number of methoxy groups -OCH3 is 1. The van der Waals surface area contributed by atoms with Crippen LogP contribution in [0.25, 0.3) is 6.08 Å². The maximum atomic E-state index is 11.5. The monoisotopic (exact) mass is 375 g/mol. The molecule has 1 aromatic carbocycles. The number of thioether (sulfide) groups is 1. The van der Waals surface area contributed by atoms with Crippen LogP contribution in [0.3, 0.4) is 0 Å². The van der Waals surface area contributed by atoms with Crippen molar-refractivity contribution >= 4 is 29.8 Å². The van der Waals surface area contributed by atoms with Crippen molar-refractivity contribution < 1.29 is 19.1 Å². The molecule has 5 nitrogen and oxygen atoms in total. The molecular weight excluding hydrogens is 350 g/mol. The van der Waals surface area contributed by atoms with Gasteiger partial charge in [0.2, 0.25) is 0 Å². The maximum absolute atomic E-state index is 11.5. The summed E-state index contributed by atoms with van der Waals surface area (Å²) in [6.07, 6.45) is 3.98. The fraction of sp³-hybridized carbons (Fsp3) is 0.400. The molecule has 0 unspecified atom stereocenters. The van der Waals surface area contributed by atoms with E-state index in [0.29, 0.717) is 12.3 Å². The Balaban J connectivity index is 2.26. The average molecular weight is 375 g/mol. The van der Waals surface area contributed by atoms with Gasteiger partial charge in [-0.05, 0) is 34.6 Å².